The molecule has 2 aromatic rings. The number of aromatic nitrogens is 3. The van der Waals surface area contributed by atoms with E-state index in [1.807, 2.05) is 18.3 Å². The maximum absolute atomic E-state index is 5.84. The molecule has 0 radical (unpaired) electrons. The Hall–Kier alpha value is -1.79. The highest BCUT2D eigenvalue weighted by atomic mass is 16.5. The molecule has 1 saturated heterocycles. The van der Waals surface area contributed by atoms with Crippen molar-refractivity contribution in [3.63, 3.8) is 0 Å². The lowest BCUT2D eigenvalue weighted by molar-refractivity contribution is 0.0322. The van der Waals surface area contributed by atoms with Crippen molar-refractivity contribution in [1.29, 1.82) is 0 Å². The molecule has 1 aliphatic rings. The minimum atomic E-state index is 0.365. The number of pyridine rings is 1. The van der Waals surface area contributed by atoms with Crippen molar-refractivity contribution in [3.05, 3.63) is 41.8 Å². The lowest BCUT2D eigenvalue weighted by atomic mass is 10.1. The first-order valence-corrected chi connectivity index (χ1v) is 7.43. The van der Waals surface area contributed by atoms with E-state index in [1.165, 1.54) is 0 Å². The topological polar surface area (TPSA) is 73.1 Å². The first-order valence-electron chi connectivity index (χ1n) is 7.43. The molecule has 0 bridgehead atoms. The third-order valence-electron chi connectivity index (χ3n) is 3.55. The zero-order valence-corrected chi connectivity index (χ0v) is 12.0. The van der Waals surface area contributed by atoms with Crippen molar-refractivity contribution in [1.82, 2.24) is 20.4 Å². The van der Waals surface area contributed by atoms with E-state index in [-0.39, 0.29) is 0 Å². The van der Waals surface area contributed by atoms with Crippen LogP contribution in [-0.2, 0) is 17.6 Å². The van der Waals surface area contributed by atoms with Crippen LogP contribution in [0.3, 0.4) is 0 Å². The van der Waals surface area contributed by atoms with Gasteiger partial charge in [0.25, 0.3) is 0 Å². The van der Waals surface area contributed by atoms with E-state index in [1.54, 1.807) is 6.20 Å². The Morgan fingerprint density at radius 3 is 3.05 bits per heavy atom. The Kier molecular flexibility index (Phi) is 4.91. The fourth-order valence-electron chi connectivity index (χ4n) is 2.42. The van der Waals surface area contributed by atoms with E-state index in [0.29, 0.717) is 37.3 Å². The summed E-state index contributed by atoms with van der Waals surface area (Å²) in [5.41, 5.74) is 1.08. The van der Waals surface area contributed by atoms with Gasteiger partial charge in [-0.2, -0.15) is 4.98 Å². The standard InChI is InChI=1S/C15H20N4O2/c1-2-12(11-17-6-1)10-14-18-15(21-19-14)5-9-20-13-3-7-16-8-4-13/h1-2,6,11,13,16H,3-5,7-10H2. The third-order valence-corrected chi connectivity index (χ3v) is 3.55. The number of nitrogens with one attached hydrogen (secondary N) is 1. The molecular weight excluding hydrogens is 268 g/mol. The van der Waals surface area contributed by atoms with Gasteiger partial charge in [0.05, 0.1) is 19.1 Å². The number of hydrogen-bond acceptors (Lipinski definition) is 6. The molecule has 0 aromatic carbocycles. The summed E-state index contributed by atoms with van der Waals surface area (Å²) in [6.45, 7) is 2.72. The second-order valence-electron chi connectivity index (χ2n) is 5.21. The summed E-state index contributed by atoms with van der Waals surface area (Å²) in [4.78, 5) is 8.47. The third kappa shape index (κ3) is 4.34. The Morgan fingerprint density at radius 1 is 1.33 bits per heavy atom. The van der Waals surface area contributed by atoms with Crippen molar-refractivity contribution in [2.75, 3.05) is 19.7 Å². The fraction of sp³-hybridized carbons (Fsp3) is 0.533. The zero-order chi connectivity index (χ0) is 14.3. The predicted octanol–water partition coefficient (Wildman–Crippen LogP) is 1.37. The summed E-state index contributed by atoms with van der Waals surface area (Å²) in [5.74, 6) is 1.34. The van der Waals surface area contributed by atoms with Crippen LogP contribution in [0.1, 0.15) is 30.1 Å². The zero-order valence-electron chi connectivity index (χ0n) is 12.0. The summed E-state index contributed by atoms with van der Waals surface area (Å²) in [6.07, 6.45) is 7.41. The van der Waals surface area contributed by atoms with E-state index in [0.717, 1.165) is 31.5 Å². The van der Waals surface area contributed by atoms with Gasteiger partial charge in [-0.1, -0.05) is 11.2 Å². The first-order chi connectivity index (χ1) is 10.4. The van der Waals surface area contributed by atoms with Crippen LogP contribution in [0.15, 0.2) is 29.0 Å². The Morgan fingerprint density at radius 2 is 2.24 bits per heavy atom. The largest absolute Gasteiger partial charge is 0.378 e. The molecule has 0 atom stereocenters. The molecular formula is C15H20N4O2. The molecule has 1 fully saturated rings. The van der Waals surface area contributed by atoms with Gasteiger partial charge in [-0.3, -0.25) is 4.98 Å². The number of rotatable bonds is 6. The van der Waals surface area contributed by atoms with Crippen LogP contribution in [0.25, 0.3) is 0 Å². The lowest BCUT2D eigenvalue weighted by Crippen LogP contribution is -2.32. The van der Waals surface area contributed by atoms with E-state index in [2.05, 4.69) is 20.4 Å². The van der Waals surface area contributed by atoms with Crippen molar-refractivity contribution in [2.45, 2.75) is 31.8 Å². The SMILES string of the molecule is c1cncc(Cc2noc(CCOC3CCNCC3)n2)c1. The van der Waals surface area contributed by atoms with Gasteiger partial charge in [-0.25, -0.2) is 0 Å². The normalized spacial score (nSPS) is 16.2. The lowest BCUT2D eigenvalue weighted by Gasteiger charge is -2.22. The van der Waals surface area contributed by atoms with Gasteiger partial charge < -0.3 is 14.6 Å². The van der Waals surface area contributed by atoms with Crippen molar-refractivity contribution >= 4 is 0 Å². The Labute approximate surface area is 123 Å². The van der Waals surface area contributed by atoms with Gasteiger partial charge in [-0.15, -0.1) is 0 Å². The van der Waals surface area contributed by atoms with Gasteiger partial charge in [0.15, 0.2) is 5.82 Å². The summed E-state index contributed by atoms with van der Waals surface area (Å²) < 4.78 is 11.1. The summed E-state index contributed by atoms with van der Waals surface area (Å²) >= 11 is 0. The van der Waals surface area contributed by atoms with Crippen LogP contribution < -0.4 is 5.32 Å². The number of piperidine rings is 1. The van der Waals surface area contributed by atoms with Crippen molar-refractivity contribution < 1.29 is 9.26 Å². The van der Waals surface area contributed by atoms with Crippen LogP contribution in [0, 0.1) is 0 Å². The molecule has 0 unspecified atom stereocenters. The molecule has 6 heteroatoms. The average molecular weight is 288 g/mol. The predicted molar refractivity (Wildman–Crippen MR) is 76.9 cm³/mol. The molecule has 0 spiro atoms. The van der Waals surface area contributed by atoms with E-state index >= 15 is 0 Å². The van der Waals surface area contributed by atoms with Crippen LogP contribution in [0.2, 0.25) is 0 Å². The maximum atomic E-state index is 5.84. The van der Waals surface area contributed by atoms with E-state index in [4.69, 9.17) is 9.26 Å². The molecule has 2 aromatic heterocycles. The van der Waals surface area contributed by atoms with Gasteiger partial charge in [-0.05, 0) is 37.6 Å². The van der Waals surface area contributed by atoms with Crippen LogP contribution in [0.4, 0.5) is 0 Å². The summed E-state index contributed by atoms with van der Waals surface area (Å²) in [5, 5.41) is 7.32. The number of nitrogens with zero attached hydrogens (tertiary/aromatic N) is 3. The average Bonchev–Trinajstić information content (AvgIpc) is 2.97. The molecule has 21 heavy (non-hydrogen) atoms. The molecule has 3 rings (SSSR count). The number of hydrogen-bond donors (Lipinski definition) is 1. The van der Waals surface area contributed by atoms with Crippen molar-refractivity contribution in [3.8, 4) is 0 Å². The molecule has 112 valence electrons. The molecule has 6 nitrogen and oxygen atoms in total. The summed E-state index contributed by atoms with van der Waals surface area (Å²) in [7, 11) is 0. The summed E-state index contributed by atoms with van der Waals surface area (Å²) in [6, 6.07) is 3.91. The Balaban J connectivity index is 1.44. The van der Waals surface area contributed by atoms with Crippen LogP contribution >= 0.6 is 0 Å². The molecule has 1 aliphatic heterocycles. The van der Waals surface area contributed by atoms with E-state index < -0.39 is 0 Å². The highest BCUT2D eigenvalue weighted by Gasteiger charge is 2.14. The second-order valence-corrected chi connectivity index (χ2v) is 5.21. The van der Waals surface area contributed by atoms with Gasteiger partial charge in [0.2, 0.25) is 5.89 Å². The van der Waals surface area contributed by atoms with Gasteiger partial charge in [0, 0.05) is 18.8 Å². The highest BCUT2D eigenvalue weighted by Crippen LogP contribution is 2.09. The van der Waals surface area contributed by atoms with Crippen LogP contribution in [-0.4, -0.2) is 40.9 Å². The Bertz CT molecular complexity index is 538. The molecule has 0 amide bonds. The van der Waals surface area contributed by atoms with Crippen molar-refractivity contribution in [2.24, 2.45) is 0 Å². The van der Waals surface area contributed by atoms with Crippen LogP contribution in [0.5, 0.6) is 0 Å². The van der Waals surface area contributed by atoms with Gasteiger partial charge in [0.1, 0.15) is 0 Å². The maximum Gasteiger partial charge on any atom is 0.228 e. The minimum absolute atomic E-state index is 0.365. The molecule has 3 heterocycles. The monoisotopic (exact) mass is 288 g/mol. The minimum Gasteiger partial charge on any atom is -0.378 e. The quantitative estimate of drug-likeness (QED) is 0.865. The van der Waals surface area contributed by atoms with E-state index in [9.17, 15) is 0 Å². The van der Waals surface area contributed by atoms with Gasteiger partial charge >= 0.3 is 0 Å². The smallest absolute Gasteiger partial charge is 0.228 e. The second kappa shape index (κ2) is 7.28. The number of ether oxygens (including phenoxy) is 1. The highest BCUT2D eigenvalue weighted by molar-refractivity contribution is 5.13. The molecule has 1 N–H and O–H groups in total. The molecule has 0 aliphatic carbocycles. The molecule has 0 saturated carbocycles. The fourth-order valence-corrected chi connectivity index (χ4v) is 2.42. The first kappa shape index (κ1) is 14.2.